The van der Waals surface area contributed by atoms with Crippen LogP contribution in [0.25, 0.3) is 0 Å². The van der Waals surface area contributed by atoms with Gasteiger partial charge < -0.3 is 5.73 Å². The molecule has 96 valence electrons. The average molecular weight is 250 g/mol. The number of carbonyl (C=O) groups is 2. The summed E-state index contributed by atoms with van der Waals surface area (Å²) in [5.74, 6) is -0.785. The van der Waals surface area contributed by atoms with E-state index in [1.807, 2.05) is 0 Å². The van der Waals surface area contributed by atoms with Crippen LogP contribution in [-0.4, -0.2) is 16.7 Å². The van der Waals surface area contributed by atoms with Crippen molar-refractivity contribution in [3.63, 3.8) is 0 Å². The Balaban J connectivity index is 2.20. The van der Waals surface area contributed by atoms with Crippen molar-refractivity contribution in [2.45, 2.75) is 32.2 Å². The number of amides is 2. The van der Waals surface area contributed by atoms with E-state index in [0.717, 1.165) is 12.8 Å². The van der Waals surface area contributed by atoms with Gasteiger partial charge in [0.1, 0.15) is 5.82 Å². The number of nitrogen functional groups attached to an aromatic ring is 1. The summed E-state index contributed by atoms with van der Waals surface area (Å²) in [4.78, 5) is 24.8. The Hall–Kier alpha value is -1.91. The third kappa shape index (κ3) is 2.67. The Kier molecular flexibility index (Phi) is 3.60. The highest BCUT2D eigenvalue weighted by Crippen LogP contribution is 2.19. The van der Waals surface area contributed by atoms with Gasteiger partial charge in [-0.1, -0.05) is 6.07 Å². The summed E-state index contributed by atoms with van der Waals surface area (Å²) in [5.41, 5.74) is 6.54. The van der Waals surface area contributed by atoms with E-state index >= 15 is 0 Å². The molecule has 1 aromatic carbocycles. The monoisotopic (exact) mass is 250 g/mol. The number of imide groups is 1. The summed E-state index contributed by atoms with van der Waals surface area (Å²) in [6.07, 6.45) is 2.24. The van der Waals surface area contributed by atoms with Gasteiger partial charge in [0, 0.05) is 18.5 Å². The average Bonchev–Trinajstić information content (AvgIpc) is 2.47. The molecule has 0 saturated carbocycles. The standard InChI is InChI=1S/C13H15FN2O2/c14-10-6-5-9(11(15)7-10)8-16-12(17)3-1-2-4-13(16)18/h5-7H,1-4,8,15H2. The van der Waals surface area contributed by atoms with Gasteiger partial charge in [-0.2, -0.15) is 0 Å². The predicted octanol–water partition coefficient (Wildman–Crippen LogP) is 1.84. The third-order valence-electron chi connectivity index (χ3n) is 3.07. The maximum atomic E-state index is 12.9. The summed E-state index contributed by atoms with van der Waals surface area (Å²) in [5, 5.41) is 0. The maximum Gasteiger partial charge on any atom is 0.229 e. The van der Waals surface area contributed by atoms with E-state index in [0.29, 0.717) is 18.4 Å². The Morgan fingerprint density at radius 2 is 1.78 bits per heavy atom. The van der Waals surface area contributed by atoms with Gasteiger partial charge in [-0.05, 0) is 30.5 Å². The first-order chi connectivity index (χ1) is 8.58. The molecule has 0 atom stereocenters. The first kappa shape index (κ1) is 12.5. The lowest BCUT2D eigenvalue weighted by Gasteiger charge is -2.19. The lowest BCUT2D eigenvalue weighted by atomic mass is 10.1. The number of carbonyl (C=O) groups excluding carboxylic acids is 2. The second-order valence-electron chi connectivity index (χ2n) is 4.42. The molecule has 1 fully saturated rings. The lowest BCUT2D eigenvalue weighted by Crippen LogP contribution is -2.34. The Labute approximate surface area is 105 Å². The molecule has 1 aromatic rings. The zero-order valence-corrected chi connectivity index (χ0v) is 9.99. The molecule has 0 unspecified atom stereocenters. The number of halogens is 1. The van der Waals surface area contributed by atoms with Crippen molar-refractivity contribution in [1.82, 2.24) is 4.90 Å². The molecular weight excluding hydrogens is 235 g/mol. The fourth-order valence-corrected chi connectivity index (χ4v) is 2.02. The molecule has 5 heteroatoms. The van der Waals surface area contributed by atoms with E-state index < -0.39 is 5.82 Å². The van der Waals surface area contributed by atoms with Gasteiger partial charge in [-0.15, -0.1) is 0 Å². The predicted molar refractivity (Wildman–Crippen MR) is 64.8 cm³/mol. The van der Waals surface area contributed by atoms with E-state index in [9.17, 15) is 14.0 Å². The molecule has 0 aliphatic carbocycles. The molecule has 1 heterocycles. The third-order valence-corrected chi connectivity index (χ3v) is 3.07. The van der Waals surface area contributed by atoms with Crippen LogP contribution in [0.5, 0.6) is 0 Å². The maximum absolute atomic E-state index is 12.9. The Bertz CT molecular complexity index is 470. The molecule has 18 heavy (non-hydrogen) atoms. The molecule has 2 amide bonds. The van der Waals surface area contributed by atoms with Crippen LogP contribution < -0.4 is 5.73 Å². The van der Waals surface area contributed by atoms with E-state index in [4.69, 9.17) is 5.73 Å². The van der Waals surface area contributed by atoms with Gasteiger partial charge in [0.25, 0.3) is 0 Å². The molecule has 0 radical (unpaired) electrons. The van der Waals surface area contributed by atoms with Crippen molar-refractivity contribution in [2.24, 2.45) is 0 Å². The van der Waals surface area contributed by atoms with Gasteiger partial charge in [-0.3, -0.25) is 14.5 Å². The highest BCUT2D eigenvalue weighted by atomic mass is 19.1. The van der Waals surface area contributed by atoms with Gasteiger partial charge in [0.15, 0.2) is 0 Å². The van der Waals surface area contributed by atoms with Crippen molar-refractivity contribution in [1.29, 1.82) is 0 Å². The summed E-state index contributed by atoms with van der Waals surface area (Å²) in [6.45, 7) is 0.129. The number of likely N-dealkylation sites (tertiary alicyclic amines) is 1. The van der Waals surface area contributed by atoms with Crippen molar-refractivity contribution < 1.29 is 14.0 Å². The van der Waals surface area contributed by atoms with Gasteiger partial charge >= 0.3 is 0 Å². The van der Waals surface area contributed by atoms with Gasteiger partial charge in [0.2, 0.25) is 11.8 Å². The molecule has 0 aromatic heterocycles. The number of benzene rings is 1. The van der Waals surface area contributed by atoms with E-state index in [1.54, 1.807) is 0 Å². The highest BCUT2D eigenvalue weighted by Gasteiger charge is 2.24. The fraction of sp³-hybridized carbons (Fsp3) is 0.385. The van der Waals surface area contributed by atoms with Crippen LogP contribution >= 0.6 is 0 Å². The Morgan fingerprint density at radius 1 is 1.17 bits per heavy atom. The first-order valence-electron chi connectivity index (χ1n) is 5.95. The number of hydrogen-bond acceptors (Lipinski definition) is 3. The SMILES string of the molecule is Nc1cc(F)ccc1CN1C(=O)CCCCC1=O. The number of hydrogen-bond donors (Lipinski definition) is 1. The fourth-order valence-electron chi connectivity index (χ4n) is 2.02. The zero-order valence-electron chi connectivity index (χ0n) is 9.99. The van der Waals surface area contributed by atoms with Crippen LogP contribution in [0.4, 0.5) is 10.1 Å². The van der Waals surface area contributed by atoms with E-state index in [1.165, 1.54) is 23.1 Å². The van der Waals surface area contributed by atoms with Crippen LogP contribution in [-0.2, 0) is 16.1 Å². The Morgan fingerprint density at radius 3 is 2.33 bits per heavy atom. The largest absolute Gasteiger partial charge is 0.398 e. The van der Waals surface area contributed by atoms with Gasteiger partial charge in [-0.25, -0.2) is 4.39 Å². The molecule has 2 N–H and O–H groups in total. The van der Waals surface area contributed by atoms with E-state index in [2.05, 4.69) is 0 Å². The number of rotatable bonds is 2. The number of nitrogens with zero attached hydrogens (tertiary/aromatic N) is 1. The van der Waals surface area contributed by atoms with Crippen molar-refractivity contribution in [3.8, 4) is 0 Å². The summed E-state index contributed by atoms with van der Waals surface area (Å²) in [6, 6.07) is 3.98. The zero-order chi connectivity index (χ0) is 13.1. The van der Waals surface area contributed by atoms with Crippen molar-refractivity contribution in [2.75, 3.05) is 5.73 Å². The quantitative estimate of drug-likeness (QED) is 0.643. The van der Waals surface area contributed by atoms with Crippen molar-refractivity contribution >= 4 is 17.5 Å². The van der Waals surface area contributed by atoms with Crippen molar-refractivity contribution in [3.05, 3.63) is 29.6 Å². The summed E-state index contributed by atoms with van der Waals surface area (Å²) in [7, 11) is 0. The minimum absolute atomic E-state index is 0.129. The second-order valence-corrected chi connectivity index (χ2v) is 4.42. The number of anilines is 1. The normalized spacial score (nSPS) is 16.8. The second kappa shape index (κ2) is 5.16. The molecular formula is C13H15FN2O2. The van der Waals surface area contributed by atoms with E-state index in [-0.39, 0.29) is 24.0 Å². The van der Waals surface area contributed by atoms with Crippen LogP contribution in [0, 0.1) is 5.82 Å². The minimum atomic E-state index is -0.426. The van der Waals surface area contributed by atoms with Crippen LogP contribution in [0.2, 0.25) is 0 Å². The first-order valence-corrected chi connectivity index (χ1v) is 5.95. The molecule has 0 bridgehead atoms. The molecule has 1 aliphatic rings. The summed E-state index contributed by atoms with van der Waals surface area (Å²) >= 11 is 0. The van der Waals surface area contributed by atoms with Crippen LogP contribution in [0.1, 0.15) is 31.2 Å². The molecule has 1 aliphatic heterocycles. The molecule has 0 spiro atoms. The molecule has 1 saturated heterocycles. The topological polar surface area (TPSA) is 63.4 Å². The van der Waals surface area contributed by atoms with Crippen LogP contribution in [0.15, 0.2) is 18.2 Å². The number of nitrogens with two attached hydrogens (primary N) is 1. The minimum Gasteiger partial charge on any atom is -0.398 e. The molecule has 2 rings (SSSR count). The molecule has 4 nitrogen and oxygen atoms in total. The summed E-state index contributed by atoms with van der Waals surface area (Å²) < 4.78 is 12.9. The lowest BCUT2D eigenvalue weighted by molar-refractivity contribution is -0.144. The van der Waals surface area contributed by atoms with Gasteiger partial charge in [0.05, 0.1) is 6.54 Å². The van der Waals surface area contributed by atoms with Crippen LogP contribution in [0.3, 0.4) is 0 Å². The smallest absolute Gasteiger partial charge is 0.229 e. The highest BCUT2D eigenvalue weighted by molar-refractivity contribution is 5.96.